The SMILES string of the molecule is CC(=O)SC[C@@H](C)C(=O)N1CCCC1C(=O)NCc1ccccc1Sc1ccccc1CO. The molecule has 0 radical (unpaired) electrons. The van der Waals surface area contributed by atoms with E-state index in [0.29, 0.717) is 25.3 Å². The Morgan fingerprint density at radius 3 is 2.39 bits per heavy atom. The fraction of sp³-hybridized carbons (Fsp3) is 0.400. The molecule has 0 spiro atoms. The summed E-state index contributed by atoms with van der Waals surface area (Å²) >= 11 is 2.70. The molecule has 0 aromatic heterocycles. The molecule has 2 amide bonds. The van der Waals surface area contributed by atoms with Crippen LogP contribution in [0.3, 0.4) is 0 Å². The van der Waals surface area contributed by atoms with Crippen molar-refractivity contribution in [3.8, 4) is 0 Å². The number of rotatable bonds is 9. The van der Waals surface area contributed by atoms with Crippen molar-refractivity contribution in [1.29, 1.82) is 0 Å². The van der Waals surface area contributed by atoms with Gasteiger partial charge in [0.05, 0.1) is 6.61 Å². The quantitative estimate of drug-likeness (QED) is 0.560. The minimum atomic E-state index is -0.475. The van der Waals surface area contributed by atoms with Crippen molar-refractivity contribution >= 4 is 40.5 Å². The third kappa shape index (κ3) is 6.85. The van der Waals surface area contributed by atoms with Gasteiger partial charge in [0.2, 0.25) is 11.8 Å². The van der Waals surface area contributed by atoms with Crippen LogP contribution in [0.25, 0.3) is 0 Å². The second-order valence-corrected chi connectivity index (χ2v) is 10.4. The Labute approximate surface area is 203 Å². The molecule has 0 bridgehead atoms. The number of benzene rings is 2. The van der Waals surface area contributed by atoms with Gasteiger partial charge in [0.15, 0.2) is 5.12 Å². The molecule has 1 unspecified atom stereocenters. The normalized spacial score (nSPS) is 16.5. The zero-order chi connectivity index (χ0) is 23.8. The van der Waals surface area contributed by atoms with Crippen LogP contribution < -0.4 is 5.32 Å². The van der Waals surface area contributed by atoms with Crippen molar-refractivity contribution < 1.29 is 19.5 Å². The van der Waals surface area contributed by atoms with Crippen LogP contribution in [0.2, 0.25) is 0 Å². The Bertz CT molecular complexity index is 998. The number of hydrogen-bond donors (Lipinski definition) is 2. The molecule has 0 saturated carbocycles. The second-order valence-electron chi connectivity index (χ2n) is 8.09. The summed E-state index contributed by atoms with van der Waals surface area (Å²) in [4.78, 5) is 40.7. The molecule has 2 atom stereocenters. The maximum atomic E-state index is 13.0. The van der Waals surface area contributed by atoms with Crippen LogP contribution in [-0.2, 0) is 27.5 Å². The van der Waals surface area contributed by atoms with E-state index in [1.165, 1.54) is 6.92 Å². The number of amides is 2. The van der Waals surface area contributed by atoms with Crippen LogP contribution in [0.5, 0.6) is 0 Å². The molecule has 6 nitrogen and oxygen atoms in total. The zero-order valence-electron chi connectivity index (χ0n) is 19.0. The van der Waals surface area contributed by atoms with Crippen molar-refractivity contribution in [1.82, 2.24) is 10.2 Å². The van der Waals surface area contributed by atoms with E-state index < -0.39 is 6.04 Å². The summed E-state index contributed by atoms with van der Waals surface area (Å²) in [6.45, 7) is 4.20. The van der Waals surface area contributed by atoms with E-state index in [1.807, 2.05) is 55.5 Å². The summed E-state index contributed by atoms with van der Waals surface area (Å²) in [6, 6.07) is 15.1. The highest BCUT2D eigenvalue weighted by atomic mass is 32.2. The Morgan fingerprint density at radius 1 is 1.09 bits per heavy atom. The lowest BCUT2D eigenvalue weighted by atomic mass is 10.1. The van der Waals surface area contributed by atoms with Gasteiger partial charge in [0, 0.05) is 41.5 Å². The maximum Gasteiger partial charge on any atom is 0.243 e. The van der Waals surface area contributed by atoms with Crippen molar-refractivity contribution in [2.75, 3.05) is 12.3 Å². The van der Waals surface area contributed by atoms with E-state index in [2.05, 4.69) is 5.32 Å². The topological polar surface area (TPSA) is 86.7 Å². The number of aliphatic hydroxyl groups is 1. The van der Waals surface area contributed by atoms with Gasteiger partial charge < -0.3 is 15.3 Å². The molecule has 1 heterocycles. The van der Waals surface area contributed by atoms with Gasteiger partial charge in [0.25, 0.3) is 0 Å². The number of aliphatic hydroxyl groups excluding tert-OH is 1. The highest BCUT2D eigenvalue weighted by molar-refractivity contribution is 8.13. The Morgan fingerprint density at radius 2 is 1.73 bits per heavy atom. The molecule has 2 N–H and O–H groups in total. The largest absolute Gasteiger partial charge is 0.392 e. The number of thioether (sulfide) groups is 1. The van der Waals surface area contributed by atoms with E-state index in [1.54, 1.807) is 16.7 Å². The van der Waals surface area contributed by atoms with Gasteiger partial charge in [-0.25, -0.2) is 0 Å². The molecule has 1 saturated heterocycles. The standard InChI is InChI=1S/C25H30N2O4S2/c1-17(16-32-18(2)29)25(31)27-13-7-10-21(27)24(30)26-14-19-8-3-5-11-22(19)33-23-12-6-4-9-20(23)15-28/h3-6,8-9,11-12,17,21,28H,7,10,13-16H2,1-2H3,(H,26,30)/t17-,21?/m1/s1. The number of nitrogens with zero attached hydrogens (tertiary/aromatic N) is 1. The molecular formula is C25H30N2O4S2. The zero-order valence-corrected chi connectivity index (χ0v) is 20.6. The van der Waals surface area contributed by atoms with Crippen LogP contribution in [0.1, 0.15) is 37.8 Å². The Hall–Kier alpha value is -2.29. The Kier molecular flexibility index (Phi) is 9.41. The van der Waals surface area contributed by atoms with Gasteiger partial charge in [0.1, 0.15) is 6.04 Å². The van der Waals surface area contributed by atoms with Crippen LogP contribution in [0.15, 0.2) is 58.3 Å². The second kappa shape index (κ2) is 12.3. The third-order valence-corrected chi connectivity index (χ3v) is 7.89. The summed E-state index contributed by atoms with van der Waals surface area (Å²) in [5.74, 6) is -0.101. The van der Waals surface area contributed by atoms with Gasteiger partial charge >= 0.3 is 0 Å². The van der Waals surface area contributed by atoms with Crippen molar-refractivity contribution in [2.24, 2.45) is 5.92 Å². The molecule has 2 aromatic carbocycles. The minimum absolute atomic E-state index is 0.0106. The van der Waals surface area contributed by atoms with E-state index in [9.17, 15) is 19.5 Å². The molecule has 8 heteroatoms. The van der Waals surface area contributed by atoms with Crippen LogP contribution in [0.4, 0.5) is 0 Å². The highest BCUT2D eigenvalue weighted by Crippen LogP contribution is 2.33. The lowest BCUT2D eigenvalue weighted by Crippen LogP contribution is -2.47. The first-order valence-electron chi connectivity index (χ1n) is 11.1. The van der Waals surface area contributed by atoms with Crippen LogP contribution in [-0.4, -0.2) is 45.3 Å². The number of carbonyl (C=O) groups is 3. The van der Waals surface area contributed by atoms with Crippen LogP contribution >= 0.6 is 23.5 Å². The first-order valence-corrected chi connectivity index (χ1v) is 12.9. The third-order valence-electron chi connectivity index (χ3n) is 5.59. The first kappa shape index (κ1) is 25.3. The van der Waals surface area contributed by atoms with Crippen LogP contribution in [0, 0.1) is 5.92 Å². The lowest BCUT2D eigenvalue weighted by Gasteiger charge is -2.26. The fourth-order valence-corrected chi connectivity index (χ4v) is 5.49. The van der Waals surface area contributed by atoms with Gasteiger partial charge in [-0.2, -0.15) is 0 Å². The number of nitrogens with one attached hydrogen (secondary N) is 1. The van der Waals surface area contributed by atoms with Crippen molar-refractivity contribution in [2.45, 2.75) is 55.7 Å². The fourth-order valence-electron chi connectivity index (χ4n) is 3.80. The summed E-state index contributed by atoms with van der Waals surface area (Å²) < 4.78 is 0. The lowest BCUT2D eigenvalue weighted by molar-refractivity contribution is -0.140. The molecule has 3 rings (SSSR count). The summed E-state index contributed by atoms with van der Waals surface area (Å²) in [5, 5.41) is 12.6. The number of hydrogen-bond acceptors (Lipinski definition) is 6. The predicted octanol–water partition coefficient (Wildman–Crippen LogP) is 3.85. The monoisotopic (exact) mass is 486 g/mol. The molecule has 1 aliphatic heterocycles. The highest BCUT2D eigenvalue weighted by Gasteiger charge is 2.35. The van der Waals surface area contributed by atoms with Gasteiger partial charge in [-0.3, -0.25) is 14.4 Å². The molecule has 33 heavy (non-hydrogen) atoms. The number of likely N-dealkylation sites (tertiary alicyclic amines) is 1. The van der Waals surface area contributed by atoms with Crippen molar-refractivity contribution in [3.63, 3.8) is 0 Å². The van der Waals surface area contributed by atoms with Gasteiger partial charge in [-0.05, 0) is 36.1 Å². The molecule has 0 aliphatic carbocycles. The summed E-state index contributed by atoms with van der Waals surface area (Å²) in [7, 11) is 0. The average Bonchev–Trinajstić information content (AvgIpc) is 3.31. The predicted molar refractivity (Wildman–Crippen MR) is 132 cm³/mol. The molecule has 176 valence electrons. The molecular weight excluding hydrogens is 456 g/mol. The first-order chi connectivity index (χ1) is 15.9. The molecule has 2 aromatic rings. The van der Waals surface area contributed by atoms with E-state index in [4.69, 9.17) is 0 Å². The maximum absolute atomic E-state index is 13.0. The minimum Gasteiger partial charge on any atom is -0.392 e. The Balaban J connectivity index is 1.63. The molecule has 1 fully saturated rings. The summed E-state index contributed by atoms with van der Waals surface area (Å²) in [6.07, 6.45) is 1.44. The smallest absolute Gasteiger partial charge is 0.243 e. The number of carbonyl (C=O) groups excluding carboxylic acids is 3. The van der Waals surface area contributed by atoms with E-state index >= 15 is 0 Å². The van der Waals surface area contributed by atoms with E-state index in [-0.39, 0.29) is 29.5 Å². The summed E-state index contributed by atoms with van der Waals surface area (Å²) in [5.41, 5.74) is 1.84. The molecule has 1 aliphatic rings. The van der Waals surface area contributed by atoms with Crippen molar-refractivity contribution in [3.05, 3.63) is 59.7 Å². The van der Waals surface area contributed by atoms with Gasteiger partial charge in [-0.15, -0.1) is 0 Å². The van der Waals surface area contributed by atoms with Gasteiger partial charge in [-0.1, -0.05) is 66.8 Å². The average molecular weight is 487 g/mol. The van der Waals surface area contributed by atoms with E-state index in [0.717, 1.165) is 39.1 Å².